The van der Waals surface area contributed by atoms with E-state index in [4.69, 9.17) is 25.8 Å². The molecule has 0 amide bonds. The summed E-state index contributed by atoms with van der Waals surface area (Å²) in [6, 6.07) is 5.71. The summed E-state index contributed by atoms with van der Waals surface area (Å²) in [4.78, 5) is 0. The maximum atomic E-state index is 5.92. The Labute approximate surface area is 192 Å². The lowest BCUT2D eigenvalue weighted by Crippen LogP contribution is -2.19. The first kappa shape index (κ1) is 23.9. The minimum Gasteiger partial charge on any atom is -0.487 e. The van der Waals surface area contributed by atoms with E-state index in [1.165, 1.54) is 6.20 Å². The summed E-state index contributed by atoms with van der Waals surface area (Å²) in [5.74, 6) is 6.87. The third kappa shape index (κ3) is 7.10. The smallest absolute Gasteiger partial charge is 0.134 e. The predicted octanol–water partition coefficient (Wildman–Crippen LogP) is 1.83. The summed E-state index contributed by atoms with van der Waals surface area (Å²) in [6.45, 7) is 8.76. The van der Waals surface area contributed by atoms with Crippen LogP contribution in [0.2, 0.25) is 0 Å². The lowest BCUT2D eigenvalue weighted by molar-refractivity contribution is 0.278. The number of nitrogens with zero attached hydrogens (tertiary/aromatic N) is 6. The zero-order chi connectivity index (χ0) is 23.8. The molecule has 0 aliphatic heterocycles. The van der Waals surface area contributed by atoms with Gasteiger partial charge in [0, 0.05) is 36.5 Å². The first-order valence-electron chi connectivity index (χ1n) is 10.6. The van der Waals surface area contributed by atoms with Crippen molar-refractivity contribution >= 4 is 0 Å². The van der Waals surface area contributed by atoms with Gasteiger partial charge in [0.25, 0.3) is 0 Å². The van der Waals surface area contributed by atoms with Crippen molar-refractivity contribution in [1.82, 2.24) is 35.4 Å². The number of rotatable bonds is 12. The fourth-order valence-electron chi connectivity index (χ4n) is 2.69. The zero-order valence-electron chi connectivity index (χ0n) is 19.3. The molecular weight excluding hydrogens is 426 g/mol. The van der Waals surface area contributed by atoms with Crippen LogP contribution in [0, 0.1) is 0 Å². The van der Waals surface area contributed by atoms with Crippen molar-refractivity contribution in [2.75, 3.05) is 6.61 Å². The molecule has 5 N–H and O–H groups in total. The number of nitrogens with two attached hydrogens (primary N) is 2. The van der Waals surface area contributed by atoms with Crippen LogP contribution in [0.25, 0.3) is 0 Å². The van der Waals surface area contributed by atoms with Gasteiger partial charge in [-0.1, -0.05) is 10.4 Å². The second-order valence-electron chi connectivity index (χ2n) is 7.96. The van der Waals surface area contributed by atoms with Crippen LogP contribution in [-0.4, -0.2) is 36.6 Å². The van der Waals surface area contributed by atoms with Gasteiger partial charge in [0.05, 0.1) is 18.1 Å². The second kappa shape index (κ2) is 11.2. The van der Waals surface area contributed by atoms with Crippen molar-refractivity contribution in [2.45, 2.75) is 53.0 Å². The van der Waals surface area contributed by atoms with E-state index in [2.05, 4.69) is 26.0 Å². The Morgan fingerprint density at radius 2 is 1.33 bits per heavy atom. The van der Waals surface area contributed by atoms with Crippen molar-refractivity contribution in [1.29, 1.82) is 0 Å². The maximum Gasteiger partial charge on any atom is 0.134 e. The van der Waals surface area contributed by atoms with Crippen molar-refractivity contribution in [3.63, 3.8) is 0 Å². The predicted molar refractivity (Wildman–Crippen MR) is 121 cm³/mol. The van der Waals surface area contributed by atoms with E-state index in [0.29, 0.717) is 34.3 Å². The molecule has 33 heavy (non-hydrogen) atoms. The Bertz CT molecular complexity index is 990. The molecule has 0 aliphatic rings. The minimum atomic E-state index is 0.137. The van der Waals surface area contributed by atoms with Crippen molar-refractivity contribution in [3.8, 4) is 17.2 Å². The largest absolute Gasteiger partial charge is 0.487 e. The molecule has 3 aromatic rings. The third-order valence-corrected chi connectivity index (χ3v) is 4.47. The molecule has 0 bridgehead atoms. The second-order valence-corrected chi connectivity index (χ2v) is 7.96. The molecular formula is C21H31N9O3. The molecule has 3 rings (SSSR count). The summed E-state index contributed by atoms with van der Waals surface area (Å²) in [5.41, 5.74) is 10.1. The Hall–Kier alpha value is -3.80. The highest BCUT2D eigenvalue weighted by molar-refractivity contribution is 5.42. The van der Waals surface area contributed by atoms with Crippen LogP contribution < -0.4 is 31.2 Å². The molecule has 0 aliphatic carbocycles. The van der Waals surface area contributed by atoms with Gasteiger partial charge in [0.2, 0.25) is 0 Å². The van der Waals surface area contributed by atoms with E-state index in [1.807, 2.05) is 40.1 Å². The van der Waals surface area contributed by atoms with E-state index in [-0.39, 0.29) is 31.9 Å². The zero-order valence-corrected chi connectivity index (χ0v) is 19.3. The lowest BCUT2D eigenvalue weighted by Gasteiger charge is -2.13. The minimum absolute atomic E-state index is 0.137. The van der Waals surface area contributed by atoms with Gasteiger partial charge >= 0.3 is 0 Å². The van der Waals surface area contributed by atoms with Gasteiger partial charge in [-0.15, -0.1) is 10.2 Å². The summed E-state index contributed by atoms with van der Waals surface area (Å²) in [6.07, 6.45) is 5.16. The van der Waals surface area contributed by atoms with Crippen LogP contribution in [0.1, 0.15) is 51.2 Å². The molecule has 0 atom stereocenters. The summed E-state index contributed by atoms with van der Waals surface area (Å²) < 4.78 is 21.2. The van der Waals surface area contributed by atoms with E-state index in [0.717, 1.165) is 0 Å². The Kier molecular flexibility index (Phi) is 8.08. The number of aromatic nitrogens is 6. The van der Waals surface area contributed by atoms with Crippen LogP contribution in [-0.2, 0) is 13.2 Å². The van der Waals surface area contributed by atoms with Crippen LogP contribution >= 0.6 is 0 Å². The highest BCUT2D eigenvalue weighted by atomic mass is 16.5. The van der Waals surface area contributed by atoms with Crippen molar-refractivity contribution in [3.05, 3.63) is 53.9 Å². The van der Waals surface area contributed by atoms with Crippen LogP contribution in [0.5, 0.6) is 17.2 Å². The van der Waals surface area contributed by atoms with E-state index < -0.39 is 0 Å². The highest BCUT2D eigenvalue weighted by Crippen LogP contribution is 2.29. The molecule has 2 heterocycles. The standard InChI is InChI=1S/C21H31N9O3/c1-14(2)29-9-17(25-27-29)12-32-20-5-19(31-11-16(22)8-24-23)6-21(7-20)33-13-18-10-30(15(3)4)28-26-18/h5-10,14-15,24H,11-13,22-23H2,1-4H3/b16-8-. The summed E-state index contributed by atoms with van der Waals surface area (Å²) in [7, 11) is 0. The number of ether oxygens (including phenoxy) is 3. The fraction of sp³-hybridized carbons (Fsp3) is 0.429. The van der Waals surface area contributed by atoms with Crippen LogP contribution in [0.4, 0.5) is 0 Å². The van der Waals surface area contributed by atoms with Gasteiger partial charge in [-0.25, -0.2) is 9.36 Å². The summed E-state index contributed by atoms with van der Waals surface area (Å²) in [5, 5.41) is 16.5. The molecule has 1 aromatic carbocycles. The Morgan fingerprint density at radius 1 is 0.879 bits per heavy atom. The SMILES string of the molecule is CC(C)n1cc(COc2cc(OC/C(N)=C/NN)cc(OCc3cn(C(C)C)nn3)c2)nn1. The van der Waals surface area contributed by atoms with Gasteiger partial charge in [0.15, 0.2) is 0 Å². The molecule has 0 saturated carbocycles. The monoisotopic (exact) mass is 457 g/mol. The average Bonchev–Trinajstić information content (AvgIpc) is 3.45. The van der Waals surface area contributed by atoms with Crippen molar-refractivity contribution in [2.24, 2.45) is 11.6 Å². The number of hydrogen-bond donors (Lipinski definition) is 3. The van der Waals surface area contributed by atoms with Crippen molar-refractivity contribution < 1.29 is 14.2 Å². The van der Waals surface area contributed by atoms with E-state index in [9.17, 15) is 0 Å². The first-order chi connectivity index (χ1) is 15.8. The van der Waals surface area contributed by atoms with E-state index >= 15 is 0 Å². The van der Waals surface area contributed by atoms with Crippen LogP contribution in [0.3, 0.4) is 0 Å². The number of hydrogen-bond acceptors (Lipinski definition) is 10. The van der Waals surface area contributed by atoms with Gasteiger partial charge in [-0.05, 0) is 27.7 Å². The van der Waals surface area contributed by atoms with Crippen LogP contribution in [0.15, 0.2) is 42.5 Å². The number of nitrogens with one attached hydrogen (secondary N) is 1. The molecule has 0 unspecified atom stereocenters. The molecule has 12 heteroatoms. The Balaban J connectivity index is 1.71. The van der Waals surface area contributed by atoms with Gasteiger partial charge in [-0.2, -0.15) is 0 Å². The quantitative estimate of drug-likeness (QED) is 0.271. The topological polar surface area (TPSA) is 153 Å². The summed E-state index contributed by atoms with van der Waals surface area (Å²) >= 11 is 0. The molecule has 0 radical (unpaired) electrons. The lowest BCUT2D eigenvalue weighted by atomic mass is 10.3. The average molecular weight is 458 g/mol. The van der Waals surface area contributed by atoms with Gasteiger partial charge in [0.1, 0.15) is 48.5 Å². The molecule has 0 saturated heterocycles. The maximum absolute atomic E-state index is 5.92. The molecule has 0 spiro atoms. The van der Waals surface area contributed by atoms with Gasteiger partial charge < -0.3 is 25.4 Å². The Morgan fingerprint density at radius 3 is 1.73 bits per heavy atom. The molecule has 0 fully saturated rings. The van der Waals surface area contributed by atoms with Gasteiger partial charge in [-0.3, -0.25) is 5.84 Å². The van der Waals surface area contributed by atoms with E-state index in [1.54, 1.807) is 27.6 Å². The third-order valence-electron chi connectivity index (χ3n) is 4.47. The molecule has 178 valence electrons. The number of benzene rings is 1. The highest BCUT2D eigenvalue weighted by Gasteiger charge is 2.10. The number of hydrazine groups is 1. The first-order valence-corrected chi connectivity index (χ1v) is 10.6. The molecule has 12 nitrogen and oxygen atoms in total. The molecule has 2 aromatic heterocycles. The normalized spacial score (nSPS) is 11.8. The fourth-order valence-corrected chi connectivity index (χ4v) is 2.69.